The normalized spacial score (nSPS) is 22.2. The third-order valence-electron chi connectivity index (χ3n) is 6.09. The highest BCUT2D eigenvalue weighted by atomic mass is 32.1. The first kappa shape index (κ1) is 18.3. The summed E-state index contributed by atoms with van der Waals surface area (Å²) in [4.78, 5) is 11.5. The molecule has 0 radical (unpaired) electrons. The molecule has 0 amide bonds. The molecule has 3 aromatic rings. The van der Waals surface area contributed by atoms with E-state index in [9.17, 15) is 0 Å². The Morgan fingerprint density at radius 1 is 0.966 bits per heavy atom. The van der Waals surface area contributed by atoms with Crippen LogP contribution in [-0.2, 0) is 6.54 Å². The predicted molar refractivity (Wildman–Crippen MR) is 117 cm³/mol. The summed E-state index contributed by atoms with van der Waals surface area (Å²) >= 11 is 5.80. The van der Waals surface area contributed by atoms with Gasteiger partial charge in [-0.3, -0.25) is 9.97 Å². The number of rotatable bonds is 5. The van der Waals surface area contributed by atoms with E-state index in [4.69, 9.17) is 12.2 Å². The smallest absolute Gasteiger partial charge is 0.170 e. The lowest BCUT2D eigenvalue weighted by Gasteiger charge is -2.30. The molecule has 148 valence electrons. The van der Waals surface area contributed by atoms with Gasteiger partial charge in [-0.2, -0.15) is 0 Å². The molecule has 2 fully saturated rings. The Labute approximate surface area is 176 Å². The van der Waals surface area contributed by atoms with Crippen LogP contribution in [0.4, 0.5) is 0 Å². The van der Waals surface area contributed by atoms with Crippen LogP contribution >= 0.6 is 12.2 Å². The summed E-state index contributed by atoms with van der Waals surface area (Å²) in [5.74, 6) is 0. The van der Waals surface area contributed by atoms with Gasteiger partial charge in [-0.05, 0) is 61.5 Å². The standard InChI is InChI=1S/C23H25N5S/c29-23-26-21(19-11-4-6-14-25-19)22(28(23)16-17-8-3-5-13-24-17)20-12-7-15-27(20)18-9-1-2-10-18/h3-8,11-15,18,21-22H,1-2,9-10,16H2,(H,26,29)/t21-,22-/m1/s1. The zero-order chi connectivity index (χ0) is 19.6. The molecule has 3 aromatic heterocycles. The number of aromatic nitrogens is 3. The molecule has 2 atom stereocenters. The lowest BCUT2D eigenvalue weighted by molar-refractivity contribution is 0.288. The van der Waals surface area contributed by atoms with E-state index in [0.717, 1.165) is 16.5 Å². The second kappa shape index (κ2) is 7.95. The molecule has 4 heterocycles. The highest BCUT2D eigenvalue weighted by Gasteiger charge is 2.41. The van der Waals surface area contributed by atoms with Crippen LogP contribution in [0.5, 0.6) is 0 Å². The lowest BCUT2D eigenvalue weighted by Crippen LogP contribution is -2.30. The Morgan fingerprint density at radius 2 is 1.76 bits per heavy atom. The molecule has 1 N–H and O–H groups in total. The zero-order valence-corrected chi connectivity index (χ0v) is 17.1. The minimum atomic E-state index is 0.0162. The molecule has 0 bridgehead atoms. The van der Waals surface area contributed by atoms with Crippen molar-refractivity contribution < 1.29 is 0 Å². The predicted octanol–water partition coefficient (Wildman–Crippen LogP) is 4.57. The van der Waals surface area contributed by atoms with Crippen LogP contribution < -0.4 is 5.32 Å². The van der Waals surface area contributed by atoms with E-state index in [1.165, 1.54) is 31.4 Å². The van der Waals surface area contributed by atoms with E-state index >= 15 is 0 Å². The van der Waals surface area contributed by atoms with Gasteiger partial charge in [-0.1, -0.05) is 25.0 Å². The van der Waals surface area contributed by atoms with Gasteiger partial charge in [0.25, 0.3) is 0 Å². The quantitative estimate of drug-likeness (QED) is 0.633. The highest BCUT2D eigenvalue weighted by molar-refractivity contribution is 7.80. The minimum Gasteiger partial charge on any atom is -0.352 e. The largest absolute Gasteiger partial charge is 0.352 e. The molecular formula is C23H25N5S. The van der Waals surface area contributed by atoms with Crippen molar-refractivity contribution in [2.24, 2.45) is 0 Å². The average molecular weight is 404 g/mol. The van der Waals surface area contributed by atoms with Gasteiger partial charge in [0, 0.05) is 30.3 Å². The van der Waals surface area contributed by atoms with Gasteiger partial charge >= 0.3 is 0 Å². The molecule has 1 saturated heterocycles. The van der Waals surface area contributed by atoms with Gasteiger partial charge in [0.2, 0.25) is 0 Å². The van der Waals surface area contributed by atoms with Gasteiger partial charge in [-0.15, -0.1) is 0 Å². The molecule has 29 heavy (non-hydrogen) atoms. The molecule has 0 spiro atoms. The molecular weight excluding hydrogens is 378 g/mol. The number of thiocarbonyl (C=S) groups is 1. The molecule has 0 unspecified atom stereocenters. The van der Waals surface area contributed by atoms with Gasteiger partial charge in [0.1, 0.15) is 0 Å². The maximum Gasteiger partial charge on any atom is 0.170 e. The molecule has 5 rings (SSSR count). The number of hydrogen-bond acceptors (Lipinski definition) is 3. The van der Waals surface area contributed by atoms with Crippen molar-refractivity contribution in [2.75, 3.05) is 0 Å². The maximum atomic E-state index is 5.80. The van der Waals surface area contributed by atoms with Crippen LogP contribution in [0.2, 0.25) is 0 Å². The Hall–Kier alpha value is -2.73. The van der Waals surface area contributed by atoms with E-state index in [1.54, 1.807) is 0 Å². The van der Waals surface area contributed by atoms with Crippen molar-refractivity contribution in [3.63, 3.8) is 0 Å². The van der Waals surface area contributed by atoms with Crippen LogP contribution in [-0.4, -0.2) is 24.5 Å². The number of nitrogens with zero attached hydrogens (tertiary/aromatic N) is 4. The van der Waals surface area contributed by atoms with Crippen molar-refractivity contribution in [1.29, 1.82) is 0 Å². The number of hydrogen-bond donors (Lipinski definition) is 1. The van der Waals surface area contributed by atoms with Crippen molar-refractivity contribution in [3.05, 3.63) is 84.2 Å². The van der Waals surface area contributed by atoms with Crippen LogP contribution in [0, 0.1) is 0 Å². The summed E-state index contributed by atoms with van der Waals surface area (Å²) in [5.41, 5.74) is 3.33. The summed E-state index contributed by atoms with van der Waals surface area (Å²) in [7, 11) is 0. The van der Waals surface area contributed by atoms with Gasteiger partial charge in [0.05, 0.1) is 30.0 Å². The average Bonchev–Trinajstić information content (AvgIpc) is 3.50. The zero-order valence-electron chi connectivity index (χ0n) is 16.3. The molecule has 1 aliphatic heterocycles. The Morgan fingerprint density at radius 3 is 2.48 bits per heavy atom. The molecule has 1 saturated carbocycles. The molecule has 1 aliphatic carbocycles. The van der Waals surface area contributed by atoms with Gasteiger partial charge in [-0.25, -0.2) is 0 Å². The monoisotopic (exact) mass is 403 g/mol. The summed E-state index contributed by atoms with van der Waals surface area (Å²) in [6.45, 7) is 0.677. The van der Waals surface area contributed by atoms with E-state index in [2.05, 4.69) is 55.2 Å². The van der Waals surface area contributed by atoms with Crippen molar-refractivity contribution in [1.82, 2.24) is 24.8 Å². The fourth-order valence-electron chi connectivity index (χ4n) is 4.74. The third-order valence-corrected chi connectivity index (χ3v) is 6.44. The second-order valence-electron chi connectivity index (χ2n) is 7.85. The van der Waals surface area contributed by atoms with Crippen LogP contribution in [0.15, 0.2) is 67.1 Å². The molecule has 0 aromatic carbocycles. The van der Waals surface area contributed by atoms with Gasteiger partial charge in [0.15, 0.2) is 5.11 Å². The number of nitrogens with one attached hydrogen (secondary N) is 1. The first-order valence-electron chi connectivity index (χ1n) is 10.4. The van der Waals surface area contributed by atoms with Crippen LogP contribution in [0.25, 0.3) is 0 Å². The topological polar surface area (TPSA) is 46.0 Å². The van der Waals surface area contributed by atoms with Gasteiger partial charge < -0.3 is 14.8 Å². The summed E-state index contributed by atoms with van der Waals surface area (Å²) in [5, 5.41) is 4.31. The summed E-state index contributed by atoms with van der Waals surface area (Å²) in [6.07, 6.45) is 11.1. The Kier molecular flexibility index (Phi) is 5.02. The first-order valence-corrected chi connectivity index (χ1v) is 10.8. The van der Waals surface area contributed by atoms with E-state index in [-0.39, 0.29) is 12.1 Å². The minimum absolute atomic E-state index is 0.0162. The van der Waals surface area contributed by atoms with Crippen LogP contribution in [0.3, 0.4) is 0 Å². The number of pyridine rings is 2. The first-order chi connectivity index (χ1) is 14.3. The van der Waals surface area contributed by atoms with Crippen molar-refractivity contribution in [2.45, 2.75) is 50.4 Å². The van der Waals surface area contributed by atoms with E-state index in [1.807, 2.05) is 36.7 Å². The summed E-state index contributed by atoms with van der Waals surface area (Å²) < 4.78 is 2.48. The molecule has 5 nitrogen and oxygen atoms in total. The van der Waals surface area contributed by atoms with Crippen molar-refractivity contribution in [3.8, 4) is 0 Å². The second-order valence-corrected chi connectivity index (χ2v) is 8.24. The molecule has 2 aliphatic rings. The van der Waals surface area contributed by atoms with Crippen LogP contribution in [0.1, 0.15) is 60.9 Å². The maximum absolute atomic E-state index is 5.80. The summed E-state index contributed by atoms with van der Waals surface area (Å²) in [6, 6.07) is 17.2. The fraction of sp³-hybridized carbons (Fsp3) is 0.348. The highest BCUT2D eigenvalue weighted by Crippen LogP contribution is 2.42. The SMILES string of the molecule is S=C1N[C@H](c2ccccn2)[C@@H](c2cccn2C2CCCC2)N1Cc1ccccn1. The Balaban J connectivity index is 1.56. The van der Waals surface area contributed by atoms with E-state index < -0.39 is 0 Å². The fourth-order valence-corrected chi connectivity index (χ4v) is 5.04. The molecule has 6 heteroatoms. The third kappa shape index (κ3) is 3.53. The Bertz CT molecular complexity index is 965. The van der Waals surface area contributed by atoms with Crippen molar-refractivity contribution >= 4 is 17.3 Å². The lowest BCUT2D eigenvalue weighted by atomic mass is 10.0. The van der Waals surface area contributed by atoms with E-state index in [0.29, 0.717) is 12.6 Å².